The molecule has 15 nitrogen and oxygen atoms in total. The van der Waals surface area contributed by atoms with E-state index in [1.807, 2.05) is 113 Å². The van der Waals surface area contributed by atoms with Gasteiger partial charge in [-0.1, -0.05) is 60.6 Å². The van der Waals surface area contributed by atoms with E-state index in [9.17, 15) is 32.3 Å². The molecule has 19 heteroatoms. The van der Waals surface area contributed by atoms with Crippen molar-refractivity contribution < 1.29 is 41.8 Å². The van der Waals surface area contributed by atoms with Gasteiger partial charge in [-0.05, 0) is 162 Å². The summed E-state index contributed by atoms with van der Waals surface area (Å²) in [6.45, 7) is 9.47. The van der Waals surface area contributed by atoms with E-state index in [1.54, 1.807) is 21.5 Å². The topological polar surface area (TPSA) is 164 Å². The number of imide groups is 1. The van der Waals surface area contributed by atoms with Crippen LogP contribution in [0, 0.1) is 12.8 Å². The molecule has 424 valence electrons. The molecule has 0 unspecified atom stereocenters. The molecular weight excluding hydrogens is 1060 g/mol. The maximum Gasteiger partial charge on any atom is 0.405 e. The first kappa shape index (κ1) is 55.5. The second-order valence-corrected chi connectivity index (χ2v) is 24.1. The molecule has 7 aromatic rings. The van der Waals surface area contributed by atoms with Gasteiger partial charge in [0.05, 0.1) is 33.4 Å². The number of piperazine rings is 1. The van der Waals surface area contributed by atoms with Gasteiger partial charge in [-0.3, -0.25) is 34.6 Å². The highest BCUT2D eigenvalue weighted by molar-refractivity contribution is 7.22. The molecule has 4 aliphatic rings. The van der Waals surface area contributed by atoms with Crippen molar-refractivity contribution in [2.45, 2.75) is 128 Å². The van der Waals surface area contributed by atoms with Crippen LogP contribution >= 0.6 is 11.3 Å². The lowest BCUT2D eigenvalue weighted by molar-refractivity contribution is -0.184. The number of fused-ring (bicyclic) bond motifs is 3. The van der Waals surface area contributed by atoms with E-state index in [-0.39, 0.29) is 49.0 Å². The van der Waals surface area contributed by atoms with Gasteiger partial charge in [0.15, 0.2) is 10.8 Å². The highest BCUT2D eigenvalue weighted by Crippen LogP contribution is 2.39. The first-order chi connectivity index (χ1) is 38.8. The second-order valence-electron chi connectivity index (χ2n) is 23.1. The van der Waals surface area contributed by atoms with Crippen LogP contribution in [-0.4, -0.2) is 105 Å². The van der Waals surface area contributed by atoms with Gasteiger partial charge in [0, 0.05) is 68.4 Å². The minimum atomic E-state index is -4.40. The molecular formula is C62H68F3N9O6S. The lowest BCUT2D eigenvalue weighted by Crippen LogP contribution is -2.59. The number of ether oxygens (including phenoxy) is 2. The van der Waals surface area contributed by atoms with Crippen molar-refractivity contribution in [1.82, 2.24) is 30.0 Å². The molecule has 0 bridgehead atoms. The smallest absolute Gasteiger partial charge is 0.405 e. The number of esters is 1. The standard InChI is InChI=1S/C62H68F3N9O6S/c1-37-42(43-25-27-53(67-56(43)59(78)80-61(2,3)4)74-31-29-39-13-10-15-44(47(39)35-74)57(76)69-60-66-48-16-6-7-18-51(48)81-60)14-11-17-50(37)79-41-22-19-38(20-23-41)12-8-9-30-72-32-33-73(36-52(72)62(63,64)65)40-21-24-45-49(34-40)71(5)70-55(45)46-26-28-54(75)68-58(46)77/h6-7,10-11,13-18,21,24-25,27,34,38,41,46,52H,8-9,12,19-20,22-23,26,28-33,35-36H2,1-5H3,(H,66,69,76)(H,68,75,77)/t38?,41?,46-,52-/m1/s1. The number of pyridine rings is 1. The van der Waals surface area contributed by atoms with Gasteiger partial charge in [0.2, 0.25) is 11.8 Å². The number of amides is 3. The summed E-state index contributed by atoms with van der Waals surface area (Å²) in [4.78, 5) is 67.5. The molecule has 1 saturated carbocycles. The number of aromatic nitrogens is 4. The number of para-hydroxylation sites is 1. The number of hydrogen-bond acceptors (Lipinski definition) is 13. The summed E-state index contributed by atoms with van der Waals surface area (Å²) in [5.41, 5.74) is 7.07. The third-order valence-electron chi connectivity index (χ3n) is 16.5. The summed E-state index contributed by atoms with van der Waals surface area (Å²) in [6, 6.07) is 27.2. The Bertz CT molecular complexity index is 3500. The van der Waals surface area contributed by atoms with Crippen molar-refractivity contribution in [2.75, 3.05) is 47.8 Å². The summed E-state index contributed by atoms with van der Waals surface area (Å²) < 4.78 is 59.5. The van der Waals surface area contributed by atoms with Crippen molar-refractivity contribution >= 4 is 72.8 Å². The number of carbonyl (C=O) groups is 4. The van der Waals surface area contributed by atoms with E-state index in [1.165, 1.54) is 11.3 Å². The van der Waals surface area contributed by atoms with Crippen molar-refractivity contribution in [3.05, 3.63) is 125 Å². The number of nitrogens with zero attached hydrogens (tertiary/aromatic N) is 7. The zero-order chi connectivity index (χ0) is 56.7. The van der Waals surface area contributed by atoms with E-state index in [0.29, 0.717) is 84.8 Å². The number of halogens is 3. The summed E-state index contributed by atoms with van der Waals surface area (Å²) >= 11 is 1.43. The average Bonchev–Trinajstić information content (AvgIpc) is 4.02. The zero-order valence-electron chi connectivity index (χ0n) is 46.4. The number of piperidine rings is 1. The number of benzene rings is 4. The van der Waals surface area contributed by atoms with Crippen LogP contribution in [0.15, 0.2) is 91.0 Å². The van der Waals surface area contributed by atoms with E-state index in [4.69, 9.17) is 14.5 Å². The molecule has 11 rings (SSSR count). The predicted octanol–water partition coefficient (Wildman–Crippen LogP) is 11.7. The average molecular weight is 1120 g/mol. The molecule has 2 N–H and O–H groups in total. The minimum Gasteiger partial charge on any atom is -0.490 e. The summed E-state index contributed by atoms with van der Waals surface area (Å²) in [7, 11) is 1.76. The monoisotopic (exact) mass is 1120 g/mol. The van der Waals surface area contributed by atoms with Gasteiger partial charge in [0.25, 0.3) is 5.91 Å². The Morgan fingerprint density at radius 3 is 2.42 bits per heavy atom. The fourth-order valence-electron chi connectivity index (χ4n) is 12.2. The Labute approximate surface area is 473 Å². The van der Waals surface area contributed by atoms with Crippen LogP contribution in [0.5, 0.6) is 5.75 Å². The van der Waals surface area contributed by atoms with Gasteiger partial charge < -0.3 is 19.3 Å². The first-order valence-corrected chi connectivity index (χ1v) is 29.0. The number of carbonyl (C=O) groups excluding carboxylic acids is 4. The predicted molar refractivity (Wildman–Crippen MR) is 308 cm³/mol. The van der Waals surface area contributed by atoms with Crippen LogP contribution in [-0.2, 0) is 34.3 Å². The van der Waals surface area contributed by atoms with Gasteiger partial charge in [-0.15, -0.1) is 0 Å². The minimum absolute atomic E-state index is 0.00832. The molecule has 3 amide bonds. The van der Waals surface area contributed by atoms with Crippen molar-refractivity contribution in [3.63, 3.8) is 0 Å². The summed E-state index contributed by atoms with van der Waals surface area (Å²) in [5, 5.41) is 11.3. The van der Waals surface area contributed by atoms with Gasteiger partial charge >= 0.3 is 12.1 Å². The number of alkyl halides is 3. The van der Waals surface area contributed by atoms with Gasteiger partial charge in [-0.2, -0.15) is 18.3 Å². The highest BCUT2D eigenvalue weighted by Gasteiger charge is 2.46. The third-order valence-corrected chi connectivity index (χ3v) is 17.4. The number of aryl methyl sites for hydroxylation is 1. The molecule has 81 heavy (non-hydrogen) atoms. The molecule has 3 fully saturated rings. The normalized spacial score (nSPS) is 20.1. The Morgan fingerprint density at radius 2 is 1.64 bits per heavy atom. The maximum atomic E-state index is 14.7. The number of nitrogens with one attached hydrogen (secondary N) is 2. The largest absolute Gasteiger partial charge is 0.490 e. The third kappa shape index (κ3) is 12.2. The van der Waals surface area contributed by atoms with Crippen LogP contribution in [0.3, 0.4) is 0 Å². The lowest BCUT2D eigenvalue weighted by atomic mass is 9.84. The second kappa shape index (κ2) is 22.9. The van der Waals surface area contributed by atoms with Crippen molar-refractivity contribution in [2.24, 2.45) is 13.0 Å². The fraction of sp³-hybridized carbons (Fsp3) is 0.435. The van der Waals surface area contributed by atoms with Crippen LogP contribution in [0.25, 0.3) is 32.2 Å². The molecule has 2 saturated heterocycles. The molecule has 0 radical (unpaired) electrons. The summed E-state index contributed by atoms with van der Waals surface area (Å²) in [6.07, 6.45) is 2.98. The Balaban J connectivity index is 0.696. The maximum absolute atomic E-state index is 14.7. The van der Waals surface area contributed by atoms with Crippen LogP contribution in [0.2, 0.25) is 0 Å². The van der Waals surface area contributed by atoms with E-state index in [2.05, 4.69) is 31.7 Å². The van der Waals surface area contributed by atoms with E-state index in [0.717, 1.165) is 87.6 Å². The fourth-order valence-corrected chi connectivity index (χ4v) is 13.1. The lowest BCUT2D eigenvalue weighted by Gasteiger charge is -2.43. The van der Waals surface area contributed by atoms with Crippen LogP contribution in [0.4, 0.5) is 29.8 Å². The Kier molecular flexibility index (Phi) is 15.7. The number of unbranched alkanes of at least 4 members (excludes halogenated alkanes) is 1. The van der Waals surface area contributed by atoms with Crippen LogP contribution < -0.4 is 25.2 Å². The Hall–Kier alpha value is -7.38. The molecule has 3 aliphatic heterocycles. The number of rotatable bonds is 14. The first-order valence-electron chi connectivity index (χ1n) is 28.2. The molecule has 3 aromatic heterocycles. The molecule has 2 atom stereocenters. The quantitative estimate of drug-likeness (QED) is 0.0603. The van der Waals surface area contributed by atoms with Crippen molar-refractivity contribution in [1.29, 1.82) is 0 Å². The van der Waals surface area contributed by atoms with Crippen LogP contribution in [0.1, 0.15) is 128 Å². The number of thiazole rings is 1. The molecule has 4 aromatic carbocycles. The SMILES string of the molecule is Cc1c(OC2CCC(CCCCN3CCN(c4ccc5c([C@H]6CCC(=O)NC6=O)nn(C)c5c4)C[C@@H]3C(F)(F)F)CC2)cccc1-c1ccc(N2CCc3cccc(C(=O)Nc4nc5ccccc5s4)c3C2)nc1C(=O)OC(C)(C)C. The van der Waals surface area contributed by atoms with Gasteiger partial charge in [-0.25, -0.2) is 14.8 Å². The molecule has 0 spiro atoms. The highest BCUT2D eigenvalue weighted by atomic mass is 32.1. The number of hydrogen-bond donors (Lipinski definition) is 2. The van der Waals surface area contributed by atoms with E-state index >= 15 is 0 Å². The number of anilines is 3. The van der Waals surface area contributed by atoms with E-state index < -0.39 is 29.7 Å². The Morgan fingerprint density at radius 1 is 0.840 bits per heavy atom. The summed E-state index contributed by atoms with van der Waals surface area (Å²) in [5.74, 6) is -0.235. The molecule has 6 heterocycles. The zero-order valence-corrected chi connectivity index (χ0v) is 47.2. The molecule has 1 aliphatic carbocycles. The van der Waals surface area contributed by atoms with Gasteiger partial charge in [0.1, 0.15) is 23.2 Å². The van der Waals surface area contributed by atoms with Crippen molar-refractivity contribution in [3.8, 4) is 16.9 Å².